The molecule has 0 atom stereocenters. The van der Waals surface area contributed by atoms with E-state index >= 15 is 0 Å². The predicted molar refractivity (Wildman–Crippen MR) is 80.2 cm³/mol. The van der Waals surface area contributed by atoms with Gasteiger partial charge in [-0.05, 0) is 43.8 Å². The summed E-state index contributed by atoms with van der Waals surface area (Å²) in [7, 11) is 0. The monoisotopic (exact) mass is 366 g/mol. The van der Waals surface area contributed by atoms with Gasteiger partial charge in [-0.1, -0.05) is 0 Å². The summed E-state index contributed by atoms with van der Waals surface area (Å²) in [4.78, 5) is 8.54. The van der Waals surface area contributed by atoms with Crippen LogP contribution in [0.25, 0.3) is 11.4 Å². The van der Waals surface area contributed by atoms with Gasteiger partial charge in [0.15, 0.2) is 5.65 Å². The highest BCUT2D eigenvalue weighted by atomic mass is 32.2. The molecule has 4 aromatic heterocycles. The first-order valence-electron chi connectivity index (χ1n) is 7.00. The van der Waals surface area contributed by atoms with Gasteiger partial charge >= 0.3 is 6.18 Å². The second-order valence-electron chi connectivity index (χ2n) is 5.21. The third-order valence-electron chi connectivity index (χ3n) is 3.29. The molecule has 25 heavy (non-hydrogen) atoms. The Morgan fingerprint density at radius 1 is 1.00 bits per heavy atom. The number of aromatic nitrogens is 8. The predicted octanol–water partition coefficient (Wildman–Crippen LogP) is 2.35. The Labute approximate surface area is 142 Å². The van der Waals surface area contributed by atoms with Crippen LogP contribution >= 0.6 is 11.8 Å². The molecule has 0 bridgehead atoms. The number of nitrogens with zero attached hydrogens (tertiary/aromatic N) is 8. The van der Waals surface area contributed by atoms with E-state index in [1.807, 2.05) is 19.9 Å². The standard InChI is InChI=1S/C13H9F3N8S/c1-6-5-7(2)23-11(17-6)18-12(22-23)25-9-4-3-8-19-20-10(13(14,15)16)24(8)21-9/h3-5H,1-2H3. The Morgan fingerprint density at radius 2 is 1.80 bits per heavy atom. The van der Waals surface area contributed by atoms with Crippen molar-refractivity contribution in [2.75, 3.05) is 0 Å². The summed E-state index contributed by atoms with van der Waals surface area (Å²) in [5, 5.41) is 15.4. The maximum Gasteiger partial charge on any atom is 0.453 e. The molecular weight excluding hydrogens is 357 g/mol. The average Bonchev–Trinajstić information content (AvgIpc) is 3.10. The second kappa shape index (κ2) is 5.37. The topological polar surface area (TPSA) is 86.2 Å². The molecule has 0 amide bonds. The lowest BCUT2D eigenvalue weighted by Gasteiger charge is -2.03. The Morgan fingerprint density at radius 3 is 2.56 bits per heavy atom. The van der Waals surface area contributed by atoms with E-state index < -0.39 is 12.0 Å². The van der Waals surface area contributed by atoms with Crippen molar-refractivity contribution < 1.29 is 13.2 Å². The number of fused-ring (bicyclic) bond motifs is 2. The summed E-state index contributed by atoms with van der Waals surface area (Å²) in [5.74, 6) is -0.762. The van der Waals surface area contributed by atoms with Gasteiger partial charge in [0, 0.05) is 11.4 Å². The van der Waals surface area contributed by atoms with Crippen LogP contribution in [-0.4, -0.2) is 39.4 Å². The SMILES string of the molecule is Cc1cc(C)n2nc(Sc3ccc4nnc(C(F)(F)F)n4n3)nc2n1. The van der Waals surface area contributed by atoms with Gasteiger partial charge in [0.25, 0.3) is 11.6 Å². The molecule has 0 N–H and O–H groups in total. The van der Waals surface area contributed by atoms with Gasteiger partial charge < -0.3 is 0 Å². The molecule has 4 heterocycles. The maximum absolute atomic E-state index is 12.9. The Hall–Kier alpha value is -2.76. The van der Waals surface area contributed by atoms with Crippen molar-refractivity contribution in [3.63, 3.8) is 0 Å². The minimum Gasteiger partial charge on any atom is -0.216 e. The van der Waals surface area contributed by atoms with Crippen molar-refractivity contribution in [2.45, 2.75) is 30.2 Å². The first kappa shape index (κ1) is 15.7. The zero-order chi connectivity index (χ0) is 17.8. The summed E-state index contributed by atoms with van der Waals surface area (Å²) >= 11 is 1.03. The molecule has 0 fully saturated rings. The van der Waals surface area contributed by atoms with Crippen LogP contribution in [0.3, 0.4) is 0 Å². The fourth-order valence-electron chi connectivity index (χ4n) is 2.29. The molecule has 0 spiro atoms. The van der Waals surface area contributed by atoms with Crippen LogP contribution in [0.5, 0.6) is 0 Å². The molecular formula is C13H9F3N8S. The molecule has 0 radical (unpaired) electrons. The molecule has 0 saturated heterocycles. The molecule has 0 aliphatic carbocycles. The van der Waals surface area contributed by atoms with Gasteiger partial charge in [0.1, 0.15) is 5.03 Å². The second-order valence-corrected chi connectivity index (χ2v) is 6.20. The lowest BCUT2D eigenvalue weighted by Crippen LogP contribution is -2.12. The molecule has 128 valence electrons. The van der Waals surface area contributed by atoms with E-state index in [9.17, 15) is 13.2 Å². The van der Waals surface area contributed by atoms with Crippen molar-refractivity contribution in [2.24, 2.45) is 0 Å². The van der Waals surface area contributed by atoms with Crippen molar-refractivity contribution in [3.8, 4) is 0 Å². The van der Waals surface area contributed by atoms with Gasteiger partial charge in [0.05, 0.1) is 0 Å². The Bertz CT molecular complexity index is 1100. The summed E-state index contributed by atoms with van der Waals surface area (Å²) in [5.41, 5.74) is 1.66. The van der Waals surface area contributed by atoms with Gasteiger partial charge in [-0.15, -0.1) is 15.3 Å². The lowest BCUT2D eigenvalue weighted by atomic mass is 10.4. The van der Waals surface area contributed by atoms with Gasteiger partial charge in [-0.25, -0.2) is 9.50 Å². The fraction of sp³-hybridized carbons (Fsp3) is 0.231. The van der Waals surface area contributed by atoms with E-state index in [2.05, 4.69) is 30.4 Å². The van der Waals surface area contributed by atoms with Crippen molar-refractivity contribution in [1.29, 1.82) is 0 Å². The van der Waals surface area contributed by atoms with Crippen LogP contribution in [0.15, 0.2) is 28.4 Å². The van der Waals surface area contributed by atoms with Gasteiger partial charge in [-0.3, -0.25) is 0 Å². The zero-order valence-electron chi connectivity index (χ0n) is 12.9. The number of alkyl halides is 3. The minimum absolute atomic E-state index is 0.00720. The van der Waals surface area contributed by atoms with E-state index in [0.717, 1.165) is 23.1 Å². The Kier molecular flexibility index (Phi) is 3.39. The van der Waals surface area contributed by atoms with Gasteiger partial charge in [0.2, 0.25) is 5.16 Å². The van der Waals surface area contributed by atoms with Crippen LogP contribution in [0.2, 0.25) is 0 Å². The number of aryl methyl sites for hydroxylation is 2. The van der Waals surface area contributed by atoms with Gasteiger partial charge in [-0.2, -0.15) is 27.8 Å². The molecule has 0 aliphatic heterocycles. The molecule has 0 saturated carbocycles. The number of hydrogen-bond acceptors (Lipinski definition) is 7. The molecule has 0 aromatic carbocycles. The summed E-state index contributed by atoms with van der Waals surface area (Å²) in [6, 6.07) is 4.79. The first-order valence-corrected chi connectivity index (χ1v) is 7.81. The highest BCUT2D eigenvalue weighted by Crippen LogP contribution is 2.29. The largest absolute Gasteiger partial charge is 0.453 e. The van der Waals surface area contributed by atoms with Crippen LogP contribution < -0.4 is 0 Å². The third-order valence-corrected chi connectivity index (χ3v) is 4.07. The fourth-order valence-corrected chi connectivity index (χ4v) is 2.98. The smallest absolute Gasteiger partial charge is 0.216 e. The lowest BCUT2D eigenvalue weighted by molar-refractivity contribution is -0.146. The summed E-state index contributed by atoms with van der Waals surface area (Å²) in [6.45, 7) is 3.70. The Balaban J connectivity index is 1.74. The highest BCUT2D eigenvalue weighted by molar-refractivity contribution is 7.99. The molecule has 8 nitrogen and oxygen atoms in total. The average molecular weight is 366 g/mol. The van der Waals surface area contributed by atoms with E-state index in [1.165, 1.54) is 12.1 Å². The van der Waals surface area contributed by atoms with Crippen LogP contribution in [0.1, 0.15) is 17.2 Å². The van der Waals surface area contributed by atoms with E-state index in [4.69, 9.17) is 0 Å². The maximum atomic E-state index is 12.9. The number of hydrogen-bond donors (Lipinski definition) is 0. The molecule has 0 aliphatic rings. The molecule has 12 heteroatoms. The zero-order valence-corrected chi connectivity index (χ0v) is 13.7. The number of halogens is 3. The van der Waals surface area contributed by atoms with Crippen molar-refractivity contribution >= 4 is 23.2 Å². The molecule has 4 rings (SSSR count). The van der Waals surface area contributed by atoms with E-state index in [1.54, 1.807) is 4.52 Å². The normalized spacial score (nSPS) is 12.4. The van der Waals surface area contributed by atoms with Crippen molar-refractivity contribution in [3.05, 3.63) is 35.4 Å². The summed E-state index contributed by atoms with van der Waals surface area (Å²) in [6.07, 6.45) is -4.64. The molecule has 0 unspecified atom stereocenters. The van der Waals surface area contributed by atoms with Crippen LogP contribution in [0, 0.1) is 13.8 Å². The minimum atomic E-state index is -4.64. The van der Waals surface area contributed by atoms with E-state index in [0.29, 0.717) is 15.4 Å². The third kappa shape index (κ3) is 2.77. The quantitative estimate of drug-likeness (QED) is 0.538. The highest BCUT2D eigenvalue weighted by Gasteiger charge is 2.37. The molecule has 4 aromatic rings. The van der Waals surface area contributed by atoms with E-state index in [-0.39, 0.29) is 10.7 Å². The summed E-state index contributed by atoms with van der Waals surface area (Å²) < 4.78 is 41.0. The van der Waals surface area contributed by atoms with Crippen molar-refractivity contribution in [1.82, 2.24) is 39.4 Å². The van der Waals surface area contributed by atoms with Crippen LogP contribution in [-0.2, 0) is 6.18 Å². The van der Waals surface area contributed by atoms with Crippen LogP contribution in [0.4, 0.5) is 13.2 Å². The first-order chi connectivity index (χ1) is 11.8. The number of rotatable bonds is 2.